The smallest absolute Gasteiger partial charge is 0.249 e. The maximum absolute atomic E-state index is 14.4. The van der Waals surface area contributed by atoms with Crippen LogP contribution < -0.4 is 0 Å². The second kappa shape index (κ2) is 8.58. The van der Waals surface area contributed by atoms with Gasteiger partial charge >= 0.3 is 0 Å². The Morgan fingerprint density at radius 1 is 1.16 bits per heavy atom. The van der Waals surface area contributed by atoms with E-state index in [9.17, 15) is 9.18 Å². The van der Waals surface area contributed by atoms with Gasteiger partial charge in [-0.1, -0.05) is 6.07 Å². The lowest BCUT2D eigenvalue weighted by Crippen LogP contribution is -2.36. The predicted molar refractivity (Wildman–Crippen MR) is 116 cm³/mol. The fraction of sp³-hybridized carbons (Fsp3) is 0.500. The van der Waals surface area contributed by atoms with Crippen LogP contribution in [0, 0.1) is 31.5 Å². The SMILES string of the molecule is Cc1cncc([C@@H]2CCON2C(=O)[C@H]2CC[C@H](Cc3cc(F)c4nc(C)nn4c3)CC2)c1. The number of hydrogen-bond acceptors (Lipinski definition) is 5. The summed E-state index contributed by atoms with van der Waals surface area (Å²) in [4.78, 5) is 27.4. The first-order valence-corrected chi connectivity index (χ1v) is 11.4. The van der Waals surface area contributed by atoms with Crippen LogP contribution in [0.1, 0.15) is 60.7 Å². The summed E-state index contributed by atoms with van der Waals surface area (Å²) < 4.78 is 15.9. The molecule has 2 aliphatic rings. The van der Waals surface area contributed by atoms with Gasteiger partial charge in [-0.15, -0.1) is 0 Å². The van der Waals surface area contributed by atoms with Gasteiger partial charge in [0.2, 0.25) is 5.91 Å². The molecule has 4 heterocycles. The highest BCUT2D eigenvalue weighted by molar-refractivity contribution is 5.78. The highest BCUT2D eigenvalue weighted by Gasteiger charge is 2.37. The third-order valence-corrected chi connectivity index (χ3v) is 6.67. The first-order valence-electron chi connectivity index (χ1n) is 11.4. The maximum atomic E-state index is 14.4. The summed E-state index contributed by atoms with van der Waals surface area (Å²) in [6, 6.07) is 3.59. The molecule has 5 rings (SSSR count). The van der Waals surface area contributed by atoms with Gasteiger partial charge in [-0.25, -0.2) is 19.0 Å². The zero-order valence-electron chi connectivity index (χ0n) is 18.5. The molecule has 168 valence electrons. The molecule has 7 nitrogen and oxygen atoms in total. The minimum atomic E-state index is -0.338. The number of aromatic nitrogens is 4. The van der Waals surface area contributed by atoms with Crippen molar-refractivity contribution < 1.29 is 14.0 Å². The Balaban J connectivity index is 1.21. The molecule has 1 aliphatic carbocycles. The van der Waals surface area contributed by atoms with E-state index in [4.69, 9.17) is 4.84 Å². The molecule has 3 aromatic heterocycles. The number of rotatable bonds is 4. The summed E-state index contributed by atoms with van der Waals surface area (Å²) >= 11 is 0. The van der Waals surface area contributed by atoms with Gasteiger partial charge in [0.25, 0.3) is 0 Å². The Morgan fingerprint density at radius 3 is 2.75 bits per heavy atom. The van der Waals surface area contributed by atoms with Crippen molar-refractivity contribution in [2.45, 2.75) is 58.4 Å². The molecule has 0 spiro atoms. The van der Waals surface area contributed by atoms with Gasteiger partial charge in [0.15, 0.2) is 11.5 Å². The van der Waals surface area contributed by atoms with Crippen molar-refractivity contribution in [3.63, 3.8) is 0 Å². The van der Waals surface area contributed by atoms with Crippen molar-refractivity contribution >= 4 is 11.6 Å². The molecule has 1 aliphatic heterocycles. The fourth-order valence-electron chi connectivity index (χ4n) is 5.09. The first kappa shape index (κ1) is 21.0. The highest BCUT2D eigenvalue weighted by atomic mass is 19.1. The van der Waals surface area contributed by atoms with E-state index in [-0.39, 0.29) is 29.3 Å². The third-order valence-electron chi connectivity index (χ3n) is 6.67. The van der Waals surface area contributed by atoms with Crippen LogP contribution in [0.2, 0.25) is 0 Å². The lowest BCUT2D eigenvalue weighted by molar-refractivity contribution is -0.183. The average Bonchev–Trinajstić information content (AvgIpc) is 3.40. The molecule has 0 aromatic carbocycles. The van der Waals surface area contributed by atoms with Gasteiger partial charge in [-0.3, -0.25) is 14.6 Å². The quantitative estimate of drug-likeness (QED) is 0.614. The van der Waals surface area contributed by atoms with Gasteiger partial charge in [0.1, 0.15) is 5.82 Å². The summed E-state index contributed by atoms with van der Waals surface area (Å²) in [5.41, 5.74) is 3.30. The number of halogens is 1. The van der Waals surface area contributed by atoms with Crippen molar-refractivity contribution in [2.24, 2.45) is 11.8 Å². The normalized spacial score (nSPS) is 23.7. The van der Waals surface area contributed by atoms with Crippen LogP contribution in [0.5, 0.6) is 0 Å². The molecule has 0 radical (unpaired) electrons. The number of amides is 1. The van der Waals surface area contributed by atoms with Crippen LogP contribution in [-0.4, -0.2) is 37.2 Å². The molecular formula is C24H28FN5O2. The maximum Gasteiger partial charge on any atom is 0.249 e. The van der Waals surface area contributed by atoms with Gasteiger partial charge in [-0.05, 0) is 74.6 Å². The molecule has 2 fully saturated rings. The van der Waals surface area contributed by atoms with E-state index in [0.717, 1.165) is 55.2 Å². The van der Waals surface area contributed by atoms with Crippen molar-refractivity contribution in [1.82, 2.24) is 24.6 Å². The molecular weight excluding hydrogens is 409 g/mol. The number of nitrogens with zero attached hydrogens (tertiary/aromatic N) is 5. The summed E-state index contributed by atoms with van der Waals surface area (Å²) in [5.74, 6) is 0.704. The molecule has 32 heavy (non-hydrogen) atoms. The number of hydrogen-bond donors (Lipinski definition) is 0. The molecule has 0 bridgehead atoms. The Labute approximate surface area is 186 Å². The van der Waals surface area contributed by atoms with E-state index in [2.05, 4.69) is 21.1 Å². The van der Waals surface area contributed by atoms with Gasteiger partial charge < -0.3 is 0 Å². The number of aryl methyl sites for hydroxylation is 2. The van der Waals surface area contributed by atoms with Crippen molar-refractivity contribution in [1.29, 1.82) is 0 Å². The monoisotopic (exact) mass is 437 g/mol. The Kier molecular flexibility index (Phi) is 5.63. The van der Waals surface area contributed by atoms with Crippen molar-refractivity contribution in [3.05, 3.63) is 59.1 Å². The molecule has 1 amide bonds. The van der Waals surface area contributed by atoms with Crippen LogP contribution in [0.25, 0.3) is 5.65 Å². The van der Waals surface area contributed by atoms with Crippen LogP contribution >= 0.6 is 0 Å². The minimum Gasteiger partial charge on any atom is -0.272 e. The standard InChI is InChI=1S/C24H28FN5O2/c1-15-9-20(13-26-12-15)22-7-8-32-30(22)24(31)19-5-3-17(4-6-19)10-18-11-21(25)23-27-16(2)28-29(23)14-18/h9,11-14,17,19,22H,3-8,10H2,1-2H3/t17-,19-,22-/m0/s1. The van der Waals surface area contributed by atoms with Crippen molar-refractivity contribution in [2.75, 3.05) is 6.61 Å². The molecule has 3 aromatic rings. The Hall–Kier alpha value is -2.87. The van der Waals surface area contributed by atoms with E-state index in [1.54, 1.807) is 18.1 Å². The molecule has 1 saturated carbocycles. The summed E-state index contributed by atoms with van der Waals surface area (Å²) in [6.07, 6.45) is 10.6. The van der Waals surface area contributed by atoms with E-state index >= 15 is 0 Å². The summed E-state index contributed by atoms with van der Waals surface area (Å²) in [6.45, 7) is 4.32. The molecule has 0 N–H and O–H groups in total. The zero-order valence-corrected chi connectivity index (χ0v) is 18.5. The topological polar surface area (TPSA) is 72.6 Å². The summed E-state index contributed by atoms with van der Waals surface area (Å²) in [5, 5.41) is 5.84. The molecule has 1 atom stereocenters. The Bertz CT molecular complexity index is 1140. The van der Waals surface area contributed by atoms with Gasteiger partial charge in [0, 0.05) is 30.9 Å². The van der Waals surface area contributed by atoms with Crippen molar-refractivity contribution in [3.8, 4) is 0 Å². The number of carbonyl (C=O) groups excluding carboxylic acids is 1. The van der Waals surface area contributed by atoms with Crippen LogP contribution in [0.4, 0.5) is 4.39 Å². The molecule has 8 heteroatoms. The first-order chi connectivity index (χ1) is 15.5. The second-order valence-electron chi connectivity index (χ2n) is 9.14. The number of hydroxylamine groups is 2. The lowest BCUT2D eigenvalue weighted by atomic mass is 9.79. The van der Waals surface area contributed by atoms with Crippen LogP contribution in [0.15, 0.2) is 30.7 Å². The van der Waals surface area contributed by atoms with Gasteiger partial charge in [0.05, 0.1) is 12.6 Å². The van der Waals surface area contributed by atoms with E-state index < -0.39 is 0 Å². The minimum absolute atomic E-state index is 0.0261. The Morgan fingerprint density at radius 2 is 1.97 bits per heavy atom. The van der Waals surface area contributed by atoms with Crippen LogP contribution in [-0.2, 0) is 16.1 Å². The number of fused-ring (bicyclic) bond motifs is 1. The van der Waals surface area contributed by atoms with Crippen LogP contribution in [0.3, 0.4) is 0 Å². The second-order valence-corrected chi connectivity index (χ2v) is 9.14. The lowest BCUT2D eigenvalue weighted by Gasteiger charge is -2.32. The number of carbonyl (C=O) groups is 1. The van der Waals surface area contributed by atoms with E-state index in [1.165, 1.54) is 4.52 Å². The van der Waals surface area contributed by atoms with Gasteiger partial charge in [-0.2, -0.15) is 5.10 Å². The fourth-order valence-corrected chi connectivity index (χ4v) is 5.09. The largest absolute Gasteiger partial charge is 0.272 e. The number of pyridine rings is 2. The molecule has 1 saturated heterocycles. The predicted octanol–water partition coefficient (Wildman–Crippen LogP) is 4.13. The average molecular weight is 438 g/mol. The van der Waals surface area contributed by atoms with E-state index in [0.29, 0.717) is 18.3 Å². The zero-order chi connectivity index (χ0) is 22.2. The van der Waals surface area contributed by atoms with E-state index in [1.807, 2.05) is 25.5 Å². The molecule has 0 unspecified atom stereocenters. The summed E-state index contributed by atoms with van der Waals surface area (Å²) in [7, 11) is 0. The highest BCUT2D eigenvalue weighted by Crippen LogP contribution is 2.37. The third kappa shape index (κ3) is 4.11.